The van der Waals surface area contributed by atoms with E-state index in [1.54, 1.807) is 18.2 Å². The second kappa shape index (κ2) is 4.59. The molecule has 90 valence electrons. The lowest BCUT2D eigenvalue weighted by molar-refractivity contribution is 0.426. The maximum Gasteiger partial charge on any atom is 0.230 e. The van der Waals surface area contributed by atoms with Gasteiger partial charge in [-0.3, -0.25) is 0 Å². The third kappa shape index (κ3) is 2.13. The number of anilines is 1. The van der Waals surface area contributed by atoms with Crippen LogP contribution in [0.5, 0.6) is 0 Å². The summed E-state index contributed by atoms with van der Waals surface area (Å²) in [5, 5.41) is 5.18. The van der Waals surface area contributed by atoms with Crippen molar-refractivity contribution in [3.63, 3.8) is 0 Å². The Morgan fingerprint density at radius 3 is 2.24 bits per heavy atom. The highest BCUT2D eigenvalue weighted by Gasteiger charge is 2.19. The Hall–Kier alpha value is -1.19. The predicted molar refractivity (Wildman–Crippen MR) is 71.0 cm³/mol. The molecule has 0 saturated carbocycles. The van der Waals surface area contributed by atoms with Gasteiger partial charge in [-0.2, -0.15) is 0 Å². The average Bonchev–Trinajstić information content (AvgIpc) is 2.61. The van der Waals surface area contributed by atoms with Crippen LogP contribution in [0.3, 0.4) is 0 Å². The Morgan fingerprint density at radius 1 is 1.18 bits per heavy atom. The van der Waals surface area contributed by atoms with E-state index in [1.807, 2.05) is 25.9 Å². The highest BCUT2D eigenvalue weighted by atomic mass is 35.5. The molecule has 0 N–H and O–H groups in total. The van der Waals surface area contributed by atoms with Crippen molar-refractivity contribution in [3.8, 4) is 11.3 Å². The van der Waals surface area contributed by atoms with Crippen LogP contribution in [0, 0.1) is 6.92 Å². The van der Waals surface area contributed by atoms with Gasteiger partial charge < -0.3 is 9.42 Å². The molecular weight excluding hydrogens is 259 g/mol. The van der Waals surface area contributed by atoms with Crippen LogP contribution >= 0.6 is 23.2 Å². The van der Waals surface area contributed by atoms with E-state index in [4.69, 9.17) is 27.7 Å². The minimum absolute atomic E-state index is 0.569. The topological polar surface area (TPSA) is 29.3 Å². The van der Waals surface area contributed by atoms with Crippen LogP contribution in [0.25, 0.3) is 11.3 Å². The fourth-order valence-corrected chi connectivity index (χ4v) is 2.28. The van der Waals surface area contributed by atoms with Crippen LogP contribution < -0.4 is 4.90 Å². The van der Waals surface area contributed by atoms with Crippen molar-refractivity contribution in [1.82, 2.24) is 5.16 Å². The molecule has 0 unspecified atom stereocenters. The third-order valence-electron chi connectivity index (χ3n) is 2.51. The quantitative estimate of drug-likeness (QED) is 0.826. The van der Waals surface area contributed by atoms with Crippen LogP contribution in [0.15, 0.2) is 22.7 Å². The number of benzene rings is 1. The molecular formula is C12H12Cl2N2O. The molecule has 1 aromatic carbocycles. The molecule has 3 nitrogen and oxygen atoms in total. The molecule has 0 spiro atoms. The molecule has 17 heavy (non-hydrogen) atoms. The van der Waals surface area contributed by atoms with E-state index < -0.39 is 0 Å². The van der Waals surface area contributed by atoms with E-state index in [-0.39, 0.29) is 0 Å². The van der Waals surface area contributed by atoms with Crippen molar-refractivity contribution in [2.24, 2.45) is 0 Å². The van der Waals surface area contributed by atoms with Gasteiger partial charge in [0.15, 0.2) is 0 Å². The van der Waals surface area contributed by atoms with Crippen molar-refractivity contribution < 1.29 is 4.52 Å². The number of hydrogen-bond donors (Lipinski definition) is 0. The van der Waals surface area contributed by atoms with Crippen LogP contribution in [-0.2, 0) is 0 Å². The molecule has 0 atom stereocenters. The first-order valence-electron chi connectivity index (χ1n) is 5.10. The minimum atomic E-state index is 0.569. The lowest BCUT2D eigenvalue weighted by Gasteiger charge is -2.08. The van der Waals surface area contributed by atoms with Gasteiger partial charge in [-0.05, 0) is 19.1 Å². The molecule has 2 rings (SSSR count). The Labute approximate surface area is 110 Å². The predicted octanol–water partition coefficient (Wildman–Crippen LogP) is 4.02. The molecule has 5 heteroatoms. The summed E-state index contributed by atoms with van der Waals surface area (Å²) in [5.74, 6) is 0.705. The van der Waals surface area contributed by atoms with E-state index in [2.05, 4.69) is 5.16 Å². The van der Waals surface area contributed by atoms with Crippen molar-refractivity contribution in [2.45, 2.75) is 6.92 Å². The molecule has 0 aliphatic rings. The SMILES string of the molecule is Cc1c(-c2c(Cl)cccc2Cl)noc1N(C)C. The number of rotatable bonds is 2. The summed E-state index contributed by atoms with van der Waals surface area (Å²) in [6.45, 7) is 1.93. The average molecular weight is 271 g/mol. The normalized spacial score (nSPS) is 10.6. The first-order chi connectivity index (χ1) is 8.02. The van der Waals surface area contributed by atoms with E-state index in [0.717, 1.165) is 5.56 Å². The standard InChI is InChI=1S/C12H12Cl2N2O/c1-7-11(15-17-12(7)16(2)3)10-8(13)5-4-6-9(10)14/h4-6H,1-3H3. The van der Waals surface area contributed by atoms with Crippen LogP contribution in [0.4, 0.5) is 5.88 Å². The summed E-state index contributed by atoms with van der Waals surface area (Å²) in [4.78, 5) is 1.86. The number of halogens is 2. The van der Waals surface area contributed by atoms with Gasteiger partial charge in [0.1, 0.15) is 5.69 Å². The van der Waals surface area contributed by atoms with Gasteiger partial charge in [0.05, 0.1) is 10.0 Å². The van der Waals surface area contributed by atoms with Gasteiger partial charge in [0, 0.05) is 25.2 Å². The highest BCUT2D eigenvalue weighted by Crippen LogP contribution is 2.38. The minimum Gasteiger partial charge on any atom is -0.347 e. The van der Waals surface area contributed by atoms with Gasteiger partial charge >= 0.3 is 0 Å². The second-order valence-electron chi connectivity index (χ2n) is 3.95. The zero-order valence-electron chi connectivity index (χ0n) is 9.79. The first-order valence-corrected chi connectivity index (χ1v) is 5.86. The maximum atomic E-state index is 6.15. The van der Waals surface area contributed by atoms with Gasteiger partial charge in [-0.15, -0.1) is 0 Å². The molecule has 0 radical (unpaired) electrons. The highest BCUT2D eigenvalue weighted by molar-refractivity contribution is 6.39. The molecule has 0 aliphatic carbocycles. The Kier molecular flexibility index (Phi) is 3.31. The Morgan fingerprint density at radius 2 is 1.76 bits per heavy atom. The number of aromatic nitrogens is 1. The van der Waals surface area contributed by atoms with Crippen molar-refractivity contribution in [1.29, 1.82) is 0 Å². The van der Waals surface area contributed by atoms with E-state index in [9.17, 15) is 0 Å². The monoisotopic (exact) mass is 270 g/mol. The maximum absolute atomic E-state index is 6.15. The summed E-state index contributed by atoms with van der Waals surface area (Å²) in [6.07, 6.45) is 0. The summed E-state index contributed by atoms with van der Waals surface area (Å²) in [6, 6.07) is 5.37. The molecule has 1 aromatic heterocycles. The summed E-state index contributed by atoms with van der Waals surface area (Å²) >= 11 is 12.3. The molecule has 0 fully saturated rings. The Bertz CT molecular complexity index is 529. The second-order valence-corrected chi connectivity index (χ2v) is 4.77. The van der Waals surface area contributed by atoms with Crippen LogP contribution in [0.1, 0.15) is 5.56 Å². The zero-order chi connectivity index (χ0) is 12.6. The van der Waals surface area contributed by atoms with Crippen molar-refractivity contribution >= 4 is 29.1 Å². The summed E-state index contributed by atoms with van der Waals surface area (Å²) < 4.78 is 5.28. The molecule has 0 saturated heterocycles. The van der Waals surface area contributed by atoms with Gasteiger partial charge in [-0.1, -0.05) is 34.4 Å². The van der Waals surface area contributed by atoms with Crippen LogP contribution in [-0.4, -0.2) is 19.3 Å². The summed E-state index contributed by atoms with van der Waals surface area (Å²) in [7, 11) is 3.79. The molecule has 0 aliphatic heterocycles. The zero-order valence-corrected chi connectivity index (χ0v) is 11.3. The van der Waals surface area contributed by atoms with Gasteiger partial charge in [-0.25, -0.2) is 0 Å². The fourth-order valence-electron chi connectivity index (χ4n) is 1.70. The largest absolute Gasteiger partial charge is 0.347 e. The number of hydrogen-bond acceptors (Lipinski definition) is 3. The van der Waals surface area contributed by atoms with E-state index >= 15 is 0 Å². The molecule has 2 aromatic rings. The van der Waals surface area contributed by atoms with E-state index in [1.165, 1.54) is 0 Å². The summed E-state index contributed by atoms with van der Waals surface area (Å²) in [5.41, 5.74) is 2.32. The Balaban J connectivity index is 2.62. The molecule has 1 heterocycles. The lowest BCUT2D eigenvalue weighted by atomic mass is 10.1. The van der Waals surface area contributed by atoms with Crippen LogP contribution in [0.2, 0.25) is 10.0 Å². The fraction of sp³-hybridized carbons (Fsp3) is 0.250. The van der Waals surface area contributed by atoms with Gasteiger partial charge in [0.25, 0.3) is 0 Å². The number of nitrogens with zero attached hydrogens (tertiary/aromatic N) is 2. The van der Waals surface area contributed by atoms with Gasteiger partial charge in [0.2, 0.25) is 5.88 Å². The lowest BCUT2D eigenvalue weighted by Crippen LogP contribution is -2.08. The molecule has 0 amide bonds. The van der Waals surface area contributed by atoms with E-state index in [0.29, 0.717) is 27.2 Å². The first kappa shape index (κ1) is 12.3. The third-order valence-corrected chi connectivity index (χ3v) is 3.14. The van der Waals surface area contributed by atoms with Crippen molar-refractivity contribution in [2.75, 3.05) is 19.0 Å². The van der Waals surface area contributed by atoms with Crippen molar-refractivity contribution in [3.05, 3.63) is 33.8 Å². The smallest absolute Gasteiger partial charge is 0.230 e. The molecule has 0 bridgehead atoms.